The van der Waals surface area contributed by atoms with Crippen molar-refractivity contribution in [2.45, 2.75) is 38.5 Å². The largest absolute Gasteiger partial charge is 0.374 e. The van der Waals surface area contributed by atoms with Gasteiger partial charge in [-0.1, -0.05) is 37.3 Å². The van der Waals surface area contributed by atoms with E-state index in [1.807, 2.05) is 30.3 Å². The SMILES string of the molecule is CCC1CCCN1C(O)c1ccccc1. The molecule has 2 nitrogen and oxygen atoms in total. The summed E-state index contributed by atoms with van der Waals surface area (Å²) in [6.07, 6.45) is 3.14. The lowest BCUT2D eigenvalue weighted by atomic mass is 10.1. The first-order valence-corrected chi connectivity index (χ1v) is 5.81. The molecule has 0 aromatic heterocycles. The van der Waals surface area contributed by atoms with Gasteiger partial charge in [0.2, 0.25) is 0 Å². The van der Waals surface area contributed by atoms with Gasteiger partial charge in [-0.3, -0.25) is 4.90 Å². The fourth-order valence-electron chi connectivity index (χ4n) is 2.44. The molecular formula is C13H19NO. The number of likely N-dealkylation sites (tertiary alicyclic amines) is 1. The van der Waals surface area contributed by atoms with Gasteiger partial charge in [0.05, 0.1) is 0 Å². The summed E-state index contributed by atoms with van der Waals surface area (Å²) < 4.78 is 0. The molecule has 0 amide bonds. The maximum Gasteiger partial charge on any atom is 0.133 e. The second-order valence-electron chi connectivity index (χ2n) is 4.23. The van der Waals surface area contributed by atoms with E-state index in [0.29, 0.717) is 6.04 Å². The zero-order valence-electron chi connectivity index (χ0n) is 9.26. The van der Waals surface area contributed by atoms with Crippen molar-refractivity contribution in [1.29, 1.82) is 0 Å². The van der Waals surface area contributed by atoms with Crippen LogP contribution in [0.4, 0.5) is 0 Å². The van der Waals surface area contributed by atoms with Crippen LogP contribution in [-0.2, 0) is 0 Å². The maximum absolute atomic E-state index is 10.2. The number of rotatable bonds is 3. The Morgan fingerprint density at radius 1 is 1.40 bits per heavy atom. The van der Waals surface area contributed by atoms with E-state index < -0.39 is 6.23 Å². The molecule has 1 aromatic carbocycles. The normalized spacial score (nSPS) is 24.3. The number of hydrogen-bond donors (Lipinski definition) is 1. The minimum Gasteiger partial charge on any atom is -0.374 e. The molecule has 1 aliphatic rings. The van der Waals surface area contributed by atoms with Gasteiger partial charge in [-0.05, 0) is 24.8 Å². The number of hydrogen-bond acceptors (Lipinski definition) is 2. The average Bonchev–Trinajstić information content (AvgIpc) is 2.77. The van der Waals surface area contributed by atoms with Gasteiger partial charge in [0.15, 0.2) is 0 Å². The van der Waals surface area contributed by atoms with Gasteiger partial charge >= 0.3 is 0 Å². The van der Waals surface area contributed by atoms with Crippen molar-refractivity contribution in [3.05, 3.63) is 35.9 Å². The molecular weight excluding hydrogens is 186 g/mol. The molecule has 1 aliphatic heterocycles. The van der Waals surface area contributed by atoms with Gasteiger partial charge in [-0.15, -0.1) is 0 Å². The fourth-order valence-corrected chi connectivity index (χ4v) is 2.44. The van der Waals surface area contributed by atoms with Crippen LogP contribution in [-0.4, -0.2) is 22.6 Å². The van der Waals surface area contributed by atoms with E-state index in [1.165, 1.54) is 12.8 Å². The Morgan fingerprint density at radius 2 is 2.13 bits per heavy atom. The van der Waals surface area contributed by atoms with Crippen LogP contribution in [0.3, 0.4) is 0 Å². The van der Waals surface area contributed by atoms with E-state index >= 15 is 0 Å². The highest BCUT2D eigenvalue weighted by Gasteiger charge is 2.28. The van der Waals surface area contributed by atoms with Crippen molar-refractivity contribution in [1.82, 2.24) is 4.90 Å². The summed E-state index contributed by atoms with van der Waals surface area (Å²) in [5.41, 5.74) is 1.01. The lowest BCUT2D eigenvalue weighted by Gasteiger charge is -2.29. The van der Waals surface area contributed by atoms with Crippen molar-refractivity contribution < 1.29 is 5.11 Å². The highest BCUT2D eigenvalue weighted by molar-refractivity contribution is 5.17. The first kappa shape index (κ1) is 10.7. The Morgan fingerprint density at radius 3 is 2.80 bits per heavy atom. The molecule has 2 rings (SSSR count). The van der Waals surface area contributed by atoms with Crippen LogP contribution in [0.1, 0.15) is 38.0 Å². The van der Waals surface area contributed by atoms with Crippen LogP contribution >= 0.6 is 0 Å². The topological polar surface area (TPSA) is 23.5 Å². The molecule has 2 unspecified atom stereocenters. The summed E-state index contributed by atoms with van der Waals surface area (Å²) in [4.78, 5) is 2.22. The molecule has 1 aromatic rings. The van der Waals surface area contributed by atoms with Crippen LogP contribution < -0.4 is 0 Å². The van der Waals surface area contributed by atoms with E-state index in [2.05, 4.69) is 11.8 Å². The average molecular weight is 205 g/mol. The zero-order chi connectivity index (χ0) is 10.7. The molecule has 15 heavy (non-hydrogen) atoms. The number of benzene rings is 1. The third-order valence-electron chi connectivity index (χ3n) is 3.31. The van der Waals surface area contributed by atoms with E-state index in [4.69, 9.17) is 0 Å². The van der Waals surface area contributed by atoms with Crippen molar-refractivity contribution in [3.8, 4) is 0 Å². The van der Waals surface area contributed by atoms with Gasteiger partial charge in [-0.2, -0.15) is 0 Å². The van der Waals surface area contributed by atoms with E-state index in [0.717, 1.165) is 18.5 Å². The highest BCUT2D eigenvalue weighted by Crippen LogP contribution is 2.28. The smallest absolute Gasteiger partial charge is 0.133 e. The Labute approximate surface area is 91.5 Å². The molecule has 2 atom stereocenters. The van der Waals surface area contributed by atoms with Crippen molar-refractivity contribution in [2.75, 3.05) is 6.54 Å². The molecule has 0 saturated carbocycles. The van der Waals surface area contributed by atoms with E-state index in [9.17, 15) is 5.11 Å². The molecule has 1 heterocycles. The van der Waals surface area contributed by atoms with E-state index in [-0.39, 0.29) is 0 Å². The molecule has 1 N–H and O–H groups in total. The summed E-state index contributed by atoms with van der Waals surface area (Å²) >= 11 is 0. The monoisotopic (exact) mass is 205 g/mol. The molecule has 0 bridgehead atoms. The first-order valence-electron chi connectivity index (χ1n) is 5.81. The zero-order valence-corrected chi connectivity index (χ0v) is 9.26. The minimum absolute atomic E-state index is 0.418. The summed E-state index contributed by atoms with van der Waals surface area (Å²) in [7, 11) is 0. The Balaban J connectivity index is 2.10. The second-order valence-corrected chi connectivity index (χ2v) is 4.23. The Kier molecular flexibility index (Phi) is 3.39. The Bertz CT molecular complexity index is 299. The molecule has 82 valence electrons. The lowest BCUT2D eigenvalue weighted by Crippen LogP contribution is -2.32. The van der Waals surface area contributed by atoms with Crippen LogP contribution in [0.25, 0.3) is 0 Å². The number of aliphatic hydroxyl groups excluding tert-OH is 1. The third kappa shape index (κ3) is 2.21. The van der Waals surface area contributed by atoms with E-state index in [1.54, 1.807) is 0 Å². The third-order valence-corrected chi connectivity index (χ3v) is 3.31. The molecule has 1 fully saturated rings. The summed E-state index contributed by atoms with van der Waals surface area (Å²) in [5.74, 6) is 0. The van der Waals surface area contributed by atoms with Crippen molar-refractivity contribution >= 4 is 0 Å². The maximum atomic E-state index is 10.2. The van der Waals surface area contributed by atoms with Crippen molar-refractivity contribution in [3.63, 3.8) is 0 Å². The predicted molar refractivity (Wildman–Crippen MR) is 61.4 cm³/mol. The number of aliphatic hydroxyl groups is 1. The fraction of sp³-hybridized carbons (Fsp3) is 0.538. The second kappa shape index (κ2) is 4.77. The van der Waals surface area contributed by atoms with Gasteiger partial charge < -0.3 is 5.11 Å². The van der Waals surface area contributed by atoms with Gasteiger partial charge in [0, 0.05) is 12.6 Å². The predicted octanol–water partition coefficient (Wildman–Crippen LogP) is 2.55. The number of nitrogens with zero attached hydrogens (tertiary/aromatic N) is 1. The van der Waals surface area contributed by atoms with Crippen LogP contribution in [0.5, 0.6) is 0 Å². The molecule has 0 aliphatic carbocycles. The quantitative estimate of drug-likeness (QED) is 0.819. The van der Waals surface area contributed by atoms with Crippen LogP contribution in [0.15, 0.2) is 30.3 Å². The van der Waals surface area contributed by atoms with Crippen LogP contribution in [0.2, 0.25) is 0 Å². The summed E-state index contributed by atoms with van der Waals surface area (Å²) in [6.45, 7) is 3.22. The first-order chi connectivity index (χ1) is 7.33. The lowest BCUT2D eigenvalue weighted by molar-refractivity contribution is -0.00790. The molecule has 1 saturated heterocycles. The van der Waals surface area contributed by atoms with Gasteiger partial charge in [0.1, 0.15) is 6.23 Å². The Hall–Kier alpha value is -0.860. The highest BCUT2D eigenvalue weighted by atomic mass is 16.3. The van der Waals surface area contributed by atoms with Crippen molar-refractivity contribution in [2.24, 2.45) is 0 Å². The van der Waals surface area contributed by atoms with Gasteiger partial charge in [0.25, 0.3) is 0 Å². The molecule has 0 radical (unpaired) electrons. The summed E-state index contributed by atoms with van der Waals surface area (Å²) in [6, 6.07) is 10.5. The molecule has 0 spiro atoms. The molecule has 2 heteroatoms. The van der Waals surface area contributed by atoms with Crippen LogP contribution in [0, 0.1) is 0 Å². The standard InChI is InChI=1S/C13H19NO/c1-2-12-9-6-10-14(12)13(15)11-7-4-3-5-8-11/h3-5,7-8,12-13,15H,2,6,9-10H2,1H3. The van der Waals surface area contributed by atoms with Gasteiger partial charge in [-0.25, -0.2) is 0 Å². The minimum atomic E-state index is -0.418. The summed E-state index contributed by atoms with van der Waals surface area (Å²) in [5, 5.41) is 10.2.